The van der Waals surface area contributed by atoms with Gasteiger partial charge in [-0.1, -0.05) is 30.3 Å². The fourth-order valence-corrected chi connectivity index (χ4v) is 3.85. The van der Waals surface area contributed by atoms with Crippen LogP contribution >= 0.6 is 0 Å². The van der Waals surface area contributed by atoms with E-state index < -0.39 is 36.0 Å². The van der Waals surface area contributed by atoms with Crippen molar-refractivity contribution >= 4 is 23.8 Å². The molecule has 0 radical (unpaired) electrons. The first kappa shape index (κ1) is 25.3. The molecule has 2 amide bonds. The highest BCUT2D eigenvalue weighted by Gasteiger charge is 2.38. The third kappa shape index (κ3) is 7.61. The molecule has 176 valence electrons. The van der Waals surface area contributed by atoms with Gasteiger partial charge in [0.1, 0.15) is 12.1 Å². The van der Waals surface area contributed by atoms with Crippen LogP contribution in [0.3, 0.4) is 0 Å². The SMILES string of the molecule is NCC(=O)NCCC[C@H](NC(CCc1ccccc1)C(=O)O)C(=O)N1CCC[C@H]1C(=O)O. The Kier molecular flexibility index (Phi) is 10.1. The normalized spacial score (nSPS) is 17.5. The zero-order chi connectivity index (χ0) is 23.5. The molecule has 1 aromatic carbocycles. The van der Waals surface area contributed by atoms with Crippen molar-refractivity contribution in [2.24, 2.45) is 5.73 Å². The van der Waals surface area contributed by atoms with E-state index in [-0.39, 0.29) is 31.8 Å². The van der Waals surface area contributed by atoms with Gasteiger partial charge >= 0.3 is 11.9 Å². The van der Waals surface area contributed by atoms with Gasteiger partial charge in [0.2, 0.25) is 11.8 Å². The number of nitrogens with zero attached hydrogens (tertiary/aromatic N) is 1. The topological polar surface area (TPSA) is 162 Å². The number of carbonyl (C=O) groups is 4. The van der Waals surface area contributed by atoms with Crippen molar-refractivity contribution in [3.8, 4) is 0 Å². The first-order chi connectivity index (χ1) is 15.3. The molecule has 1 aromatic rings. The zero-order valence-corrected chi connectivity index (χ0v) is 18.0. The number of benzene rings is 1. The van der Waals surface area contributed by atoms with Crippen LogP contribution in [0.5, 0.6) is 0 Å². The predicted octanol–water partition coefficient (Wildman–Crippen LogP) is -0.0387. The van der Waals surface area contributed by atoms with Gasteiger partial charge in [0.05, 0.1) is 12.6 Å². The van der Waals surface area contributed by atoms with Gasteiger partial charge in [-0.25, -0.2) is 4.79 Å². The van der Waals surface area contributed by atoms with Crippen LogP contribution in [0.2, 0.25) is 0 Å². The minimum absolute atomic E-state index is 0.144. The summed E-state index contributed by atoms with van der Waals surface area (Å²) < 4.78 is 0. The maximum absolute atomic E-state index is 13.2. The molecule has 0 spiro atoms. The molecule has 0 bridgehead atoms. The van der Waals surface area contributed by atoms with Crippen molar-refractivity contribution in [2.45, 2.75) is 56.7 Å². The summed E-state index contributed by atoms with van der Waals surface area (Å²) in [5.41, 5.74) is 6.25. The van der Waals surface area contributed by atoms with Crippen molar-refractivity contribution in [2.75, 3.05) is 19.6 Å². The average Bonchev–Trinajstić information content (AvgIpc) is 3.28. The monoisotopic (exact) mass is 448 g/mol. The van der Waals surface area contributed by atoms with E-state index in [1.807, 2.05) is 30.3 Å². The van der Waals surface area contributed by atoms with Gasteiger partial charge in [0.25, 0.3) is 0 Å². The maximum atomic E-state index is 13.2. The Bertz CT molecular complexity index is 788. The predicted molar refractivity (Wildman–Crippen MR) is 117 cm³/mol. The fraction of sp³-hybridized carbons (Fsp3) is 0.545. The Labute approximate surface area is 187 Å². The second-order valence-electron chi connectivity index (χ2n) is 7.86. The summed E-state index contributed by atoms with van der Waals surface area (Å²) in [6.45, 7) is 0.459. The molecule has 1 aliphatic heterocycles. The highest BCUT2D eigenvalue weighted by molar-refractivity contribution is 5.88. The summed E-state index contributed by atoms with van der Waals surface area (Å²) in [5, 5.41) is 24.7. The summed E-state index contributed by atoms with van der Waals surface area (Å²) in [4.78, 5) is 49.2. The fourth-order valence-electron chi connectivity index (χ4n) is 3.85. The van der Waals surface area contributed by atoms with Gasteiger partial charge in [-0.2, -0.15) is 0 Å². The summed E-state index contributed by atoms with van der Waals surface area (Å²) >= 11 is 0. The summed E-state index contributed by atoms with van der Waals surface area (Å²) in [7, 11) is 0. The largest absolute Gasteiger partial charge is 0.480 e. The molecule has 10 heteroatoms. The summed E-state index contributed by atoms with van der Waals surface area (Å²) in [6.07, 6.45) is 2.40. The minimum Gasteiger partial charge on any atom is -0.480 e. The number of aryl methyl sites for hydroxylation is 1. The summed E-state index contributed by atoms with van der Waals surface area (Å²) in [5.74, 6) is -2.89. The van der Waals surface area contributed by atoms with Gasteiger partial charge in [0, 0.05) is 13.1 Å². The molecule has 0 aromatic heterocycles. The van der Waals surface area contributed by atoms with E-state index >= 15 is 0 Å². The molecule has 1 unspecified atom stereocenters. The number of nitrogens with one attached hydrogen (secondary N) is 2. The quantitative estimate of drug-likeness (QED) is 0.263. The highest BCUT2D eigenvalue weighted by Crippen LogP contribution is 2.20. The number of rotatable bonds is 13. The molecule has 1 aliphatic rings. The number of hydrogen-bond donors (Lipinski definition) is 5. The van der Waals surface area contributed by atoms with Crippen LogP contribution in [-0.2, 0) is 25.6 Å². The third-order valence-electron chi connectivity index (χ3n) is 5.56. The first-order valence-electron chi connectivity index (χ1n) is 10.9. The van der Waals surface area contributed by atoms with E-state index in [0.29, 0.717) is 32.2 Å². The Balaban J connectivity index is 2.08. The lowest BCUT2D eigenvalue weighted by Gasteiger charge is -2.29. The van der Waals surface area contributed by atoms with Gasteiger partial charge in [-0.3, -0.25) is 19.7 Å². The van der Waals surface area contributed by atoms with Crippen molar-refractivity contribution in [1.29, 1.82) is 0 Å². The van der Waals surface area contributed by atoms with Gasteiger partial charge in [-0.05, 0) is 44.1 Å². The van der Waals surface area contributed by atoms with E-state index in [9.17, 15) is 29.4 Å². The summed E-state index contributed by atoms with van der Waals surface area (Å²) in [6, 6.07) is 6.68. The van der Waals surface area contributed by atoms with Crippen LogP contribution in [0.4, 0.5) is 0 Å². The number of carboxylic acid groups (broad SMARTS) is 2. The molecule has 0 aliphatic carbocycles. The number of hydrogen-bond acceptors (Lipinski definition) is 6. The van der Waals surface area contributed by atoms with Crippen LogP contribution < -0.4 is 16.4 Å². The Morgan fingerprint density at radius 3 is 2.44 bits per heavy atom. The number of likely N-dealkylation sites (tertiary alicyclic amines) is 1. The lowest BCUT2D eigenvalue weighted by Crippen LogP contribution is -2.54. The Morgan fingerprint density at radius 2 is 1.81 bits per heavy atom. The number of aliphatic carboxylic acids is 2. The molecular formula is C22H32N4O6. The molecular weight excluding hydrogens is 416 g/mol. The van der Waals surface area contributed by atoms with Crippen molar-refractivity contribution in [3.63, 3.8) is 0 Å². The lowest BCUT2D eigenvalue weighted by molar-refractivity contribution is -0.149. The zero-order valence-electron chi connectivity index (χ0n) is 18.0. The average molecular weight is 449 g/mol. The Morgan fingerprint density at radius 1 is 1.09 bits per heavy atom. The first-order valence-corrected chi connectivity index (χ1v) is 10.9. The van der Waals surface area contributed by atoms with Crippen LogP contribution in [0.15, 0.2) is 30.3 Å². The molecule has 3 atom stereocenters. The van der Waals surface area contributed by atoms with Crippen molar-refractivity contribution in [1.82, 2.24) is 15.5 Å². The van der Waals surface area contributed by atoms with E-state index in [4.69, 9.17) is 5.73 Å². The van der Waals surface area contributed by atoms with E-state index in [1.54, 1.807) is 0 Å². The molecule has 6 N–H and O–H groups in total. The van der Waals surface area contributed by atoms with Gasteiger partial charge in [0.15, 0.2) is 0 Å². The number of nitrogens with two attached hydrogens (primary N) is 1. The molecule has 1 heterocycles. The Hall–Kier alpha value is -2.98. The standard InChI is InChI=1S/C22H32N4O6/c23-14-19(27)24-12-4-8-16(20(28)26-13-5-9-18(26)22(31)32)25-17(21(29)30)11-10-15-6-2-1-3-7-15/h1-3,6-7,16-18,25H,4-5,8-14,23H2,(H,24,27)(H,29,30)(H,31,32)/t16-,17?,18-/m0/s1. The molecule has 1 fully saturated rings. The van der Waals surface area contributed by atoms with E-state index in [0.717, 1.165) is 5.56 Å². The second kappa shape index (κ2) is 12.8. The van der Waals surface area contributed by atoms with Crippen molar-refractivity contribution in [3.05, 3.63) is 35.9 Å². The van der Waals surface area contributed by atoms with Gasteiger partial charge in [-0.15, -0.1) is 0 Å². The molecule has 32 heavy (non-hydrogen) atoms. The van der Waals surface area contributed by atoms with E-state index in [2.05, 4.69) is 10.6 Å². The van der Waals surface area contributed by atoms with Crippen LogP contribution in [0.25, 0.3) is 0 Å². The third-order valence-corrected chi connectivity index (χ3v) is 5.56. The molecule has 2 rings (SSSR count). The molecule has 1 saturated heterocycles. The van der Waals surface area contributed by atoms with Crippen LogP contribution in [-0.4, -0.2) is 76.6 Å². The van der Waals surface area contributed by atoms with Gasteiger partial charge < -0.3 is 26.2 Å². The van der Waals surface area contributed by atoms with E-state index in [1.165, 1.54) is 4.90 Å². The molecule has 0 saturated carbocycles. The lowest BCUT2D eigenvalue weighted by atomic mass is 10.0. The highest BCUT2D eigenvalue weighted by atomic mass is 16.4. The number of amides is 2. The minimum atomic E-state index is -1.08. The molecule has 10 nitrogen and oxygen atoms in total. The smallest absolute Gasteiger partial charge is 0.326 e. The number of carboxylic acids is 2. The van der Waals surface area contributed by atoms with Crippen molar-refractivity contribution < 1.29 is 29.4 Å². The number of carbonyl (C=O) groups excluding carboxylic acids is 2. The van der Waals surface area contributed by atoms with Crippen LogP contribution in [0, 0.1) is 0 Å². The van der Waals surface area contributed by atoms with Crippen LogP contribution in [0.1, 0.15) is 37.7 Å². The maximum Gasteiger partial charge on any atom is 0.326 e. The second-order valence-corrected chi connectivity index (χ2v) is 7.86.